The molecule has 0 saturated carbocycles. The van der Waals surface area contributed by atoms with Crippen LogP contribution in [0.3, 0.4) is 0 Å². The monoisotopic (exact) mass is 325 g/mol. The van der Waals surface area contributed by atoms with Gasteiger partial charge in [0.05, 0.1) is 5.70 Å². The van der Waals surface area contributed by atoms with Crippen LogP contribution in [0.1, 0.15) is 65.5 Å². The third-order valence-electron chi connectivity index (χ3n) is 3.85. The first-order chi connectivity index (χ1) is 11.2. The molecule has 130 valence electrons. The molecule has 0 heterocycles. The lowest BCUT2D eigenvalue weighted by molar-refractivity contribution is 0.469. The van der Waals surface area contributed by atoms with E-state index in [2.05, 4.69) is 64.4 Å². The Balaban J connectivity index is 3.13. The second-order valence-corrected chi connectivity index (χ2v) is 7.00. The fourth-order valence-corrected chi connectivity index (χ4v) is 2.37. The van der Waals surface area contributed by atoms with E-state index in [9.17, 15) is 5.11 Å². The summed E-state index contributed by atoms with van der Waals surface area (Å²) in [5.41, 5.74) is 4.36. The second kappa shape index (κ2) is 8.68. The minimum atomic E-state index is -0.00148. The highest BCUT2D eigenvalue weighted by atomic mass is 16.3. The molecule has 0 unspecified atom stereocenters. The summed E-state index contributed by atoms with van der Waals surface area (Å²) < 4.78 is 0. The van der Waals surface area contributed by atoms with Gasteiger partial charge in [0, 0.05) is 11.3 Å². The summed E-state index contributed by atoms with van der Waals surface area (Å²) in [5.74, 6) is 0.231. The zero-order chi connectivity index (χ0) is 18.3. The van der Waals surface area contributed by atoms with Crippen molar-refractivity contribution in [2.75, 3.05) is 0 Å². The highest BCUT2D eigenvalue weighted by Gasteiger charge is 2.16. The van der Waals surface area contributed by atoms with Crippen LogP contribution in [0.2, 0.25) is 0 Å². The van der Waals surface area contributed by atoms with Crippen LogP contribution in [-0.4, -0.2) is 10.8 Å². The van der Waals surface area contributed by atoms with Crippen LogP contribution in [0.5, 0.6) is 5.75 Å². The predicted octanol–water partition coefficient (Wildman–Crippen LogP) is 6.42. The van der Waals surface area contributed by atoms with Crippen LogP contribution in [-0.2, 0) is 5.41 Å². The van der Waals surface area contributed by atoms with Gasteiger partial charge in [-0.3, -0.25) is 4.99 Å². The number of rotatable bonds is 6. The van der Waals surface area contributed by atoms with Gasteiger partial charge in [-0.1, -0.05) is 65.5 Å². The van der Waals surface area contributed by atoms with E-state index in [1.54, 1.807) is 0 Å². The zero-order valence-corrected chi connectivity index (χ0v) is 16.0. The molecule has 1 aromatic rings. The maximum atomic E-state index is 10.4. The summed E-state index contributed by atoms with van der Waals surface area (Å²) in [6.07, 6.45) is 8.32. The van der Waals surface area contributed by atoms with E-state index in [1.807, 2.05) is 25.1 Å². The Morgan fingerprint density at radius 3 is 2.38 bits per heavy atom. The summed E-state index contributed by atoms with van der Waals surface area (Å²) in [5, 5.41) is 10.4. The number of hydrogen-bond donors (Lipinski definition) is 1. The molecule has 0 spiro atoms. The molecule has 0 atom stereocenters. The molecule has 0 aliphatic heterocycles. The Morgan fingerprint density at radius 1 is 1.21 bits per heavy atom. The largest absolute Gasteiger partial charge is 0.507 e. The van der Waals surface area contributed by atoms with Gasteiger partial charge in [0.1, 0.15) is 5.75 Å². The van der Waals surface area contributed by atoms with Crippen LogP contribution < -0.4 is 0 Å². The van der Waals surface area contributed by atoms with E-state index >= 15 is 0 Å². The van der Waals surface area contributed by atoms with Gasteiger partial charge in [-0.05, 0) is 48.4 Å². The van der Waals surface area contributed by atoms with Gasteiger partial charge in [-0.15, -0.1) is 0 Å². The smallest absolute Gasteiger partial charge is 0.125 e. The lowest BCUT2D eigenvalue weighted by Gasteiger charge is -2.20. The van der Waals surface area contributed by atoms with Crippen molar-refractivity contribution in [3.8, 4) is 5.75 Å². The molecule has 2 heteroatoms. The molecule has 0 aliphatic rings. The first-order valence-electron chi connectivity index (χ1n) is 8.65. The molecular weight excluding hydrogens is 294 g/mol. The lowest BCUT2D eigenvalue weighted by Crippen LogP contribution is -2.10. The molecule has 24 heavy (non-hydrogen) atoms. The van der Waals surface area contributed by atoms with Crippen molar-refractivity contribution >= 4 is 11.4 Å². The van der Waals surface area contributed by atoms with E-state index in [-0.39, 0.29) is 11.2 Å². The van der Waals surface area contributed by atoms with Crippen LogP contribution in [0.25, 0.3) is 5.70 Å². The van der Waals surface area contributed by atoms with Gasteiger partial charge in [0.2, 0.25) is 0 Å². The first kappa shape index (κ1) is 20.0. The number of phenols is 1. The molecule has 1 aromatic carbocycles. The van der Waals surface area contributed by atoms with E-state index in [0.29, 0.717) is 11.3 Å². The molecule has 0 radical (unpaired) electrons. The minimum Gasteiger partial charge on any atom is -0.507 e. The third-order valence-corrected chi connectivity index (χ3v) is 3.85. The van der Waals surface area contributed by atoms with Crippen molar-refractivity contribution in [3.63, 3.8) is 0 Å². The van der Waals surface area contributed by atoms with Gasteiger partial charge in [0.25, 0.3) is 0 Å². The number of nitrogens with zero attached hydrogens (tertiary/aromatic N) is 1. The van der Waals surface area contributed by atoms with Crippen molar-refractivity contribution in [3.05, 3.63) is 59.7 Å². The van der Waals surface area contributed by atoms with E-state index < -0.39 is 0 Å². The summed E-state index contributed by atoms with van der Waals surface area (Å²) >= 11 is 0. The minimum absolute atomic E-state index is 0.00148. The molecule has 0 aromatic heterocycles. The Hall–Kier alpha value is -2.09. The number of aromatic hydroxyl groups is 1. The van der Waals surface area contributed by atoms with Crippen molar-refractivity contribution in [1.29, 1.82) is 0 Å². The van der Waals surface area contributed by atoms with Crippen LogP contribution in [0, 0.1) is 0 Å². The number of benzene rings is 1. The maximum Gasteiger partial charge on any atom is 0.125 e. The van der Waals surface area contributed by atoms with Gasteiger partial charge >= 0.3 is 0 Å². The quantitative estimate of drug-likeness (QED) is 0.475. The van der Waals surface area contributed by atoms with Crippen molar-refractivity contribution < 1.29 is 5.11 Å². The number of phenolic OH excluding ortho intramolecular Hbond substituents is 1. The van der Waals surface area contributed by atoms with Gasteiger partial charge in [-0.2, -0.15) is 0 Å². The van der Waals surface area contributed by atoms with Crippen LogP contribution in [0.4, 0.5) is 0 Å². The van der Waals surface area contributed by atoms with Crippen molar-refractivity contribution in [1.82, 2.24) is 0 Å². The zero-order valence-electron chi connectivity index (χ0n) is 16.0. The van der Waals surface area contributed by atoms with Crippen molar-refractivity contribution in [2.24, 2.45) is 4.99 Å². The van der Waals surface area contributed by atoms with Crippen LogP contribution in [0.15, 0.2) is 53.6 Å². The molecule has 0 saturated heterocycles. The summed E-state index contributed by atoms with van der Waals surface area (Å²) in [7, 11) is 0. The number of hydrogen-bond acceptors (Lipinski definition) is 2. The normalized spacial score (nSPS) is 13.6. The standard InChI is InChI=1S/C22H31NO/c1-8-10-12-18(11-9-2)16(3)23-17(4)20-14-13-19(15-21(20)24)22(5,6)7/h10-15,24H,4,8-9H2,1-3,5-7H3/b12-10-,18-11+,23-16+. The topological polar surface area (TPSA) is 32.6 Å². The van der Waals surface area contributed by atoms with Gasteiger partial charge in [0.15, 0.2) is 0 Å². The summed E-state index contributed by atoms with van der Waals surface area (Å²) in [4.78, 5) is 4.61. The van der Waals surface area contributed by atoms with Gasteiger partial charge < -0.3 is 5.11 Å². The fourth-order valence-electron chi connectivity index (χ4n) is 2.37. The molecule has 2 nitrogen and oxygen atoms in total. The molecule has 0 bridgehead atoms. The second-order valence-electron chi connectivity index (χ2n) is 7.00. The lowest BCUT2D eigenvalue weighted by atomic mass is 9.86. The Kier molecular flexibility index (Phi) is 7.21. The third kappa shape index (κ3) is 5.52. The Morgan fingerprint density at radius 2 is 1.88 bits per heavy atom. The molecule has 1 N–H and O–H groups in total. The SMILES string of the molecule is C=C(/N=C(C)/C(/C=C\CC)=C/CC)c1ccc(C(C)(C)C)cc1O. The molecule has 0 fully saturated rings. The number of allylic oxidation sites excluding steroid dienone is 4. The van der Waals surface area contributed by atoms with Crippen LogP contribution >= 0.6 is 0 Å². The van der Waals surface area contributed by atoms with E-state index in [0.717, 1.165) is 29.7 Å². The van der Waals surface area contributed by atoms with E-state index in [4.69, 9.17) is 0 Å². The van der Waals surface area contributed by atoms with Crippen molar-refractivity contribution in [2.45, 2.75) is 59.8 Å². The average molecular weight is 325 g/mol. The maximum absolute atomic E-state index is 10.4. The highest BCUT2D eigenvalue weighted by Crippen LogP contribution is 2.31. The van der Waals surface area contributed by atoms with Gasteiger partial charge in [-0.25, -0.2) is 0 Å². The molecular formula is C22H31NO. The predicted molar refractivity (Wildman–Crippen MR) is 107 cm³/mol. The first-order valence-corrected chi connectivity index (χ1v) is 8.65. The molecule has 0 aliphatic carbocycles. The molecule has 0 amide bonds. The fraction of sp³-hybridized carbons (Fsp3) is 0.409. The number of aliphatic imine (C=N–C) groups is 1. The van der Waals surface area contributed by atoms with E-state index in [1.165, 1.54) is 0 Å². The summed E-state index contributed by atoms with van der Waals surface area (Å²) in [6, 6.07) is 5.75. The Bertz CT molecular complexity index is 670. The summed E-state index contributed by atoms with van der Waals surface area (Å²) in [6.45, 7) is 16.6. The molecule has 1 rings (SSSR count). The highest BCUT2D eigenvalue weighted by molar-refractivity contribution is 6.03. The average Bonchev–Trinajstić information content (AvgIpc) is 2.50. The Labute approximate surface area is 147 Å².